The van der Waals surface area contributed by atoms with Gasteiger partial charge in [-0.1, -0.05) is 0 Å². The molecule has 6 heteroatoms. The first-order chi connectivity index (χ1) is 8.63. The molecular weight excluding hydrogens is 378 g/mol. The van der Waals surface area contributed by atoms with Crippen molar-refractivity contribution in [2.24, 2.45) is 5.73 Å². The van der Waals surface area contributed by atoms with E-state index in [0.717, 1.165) is 18.7 Å². The highest BCUT2D eigenvalue weighted by Gasteiger charge is 2.13. The van der Waals surface area contributed by atoms with E-state index in [0.29, 0.717) is 11.3 Å². The van der Waals surface area contributed by atoms with Crippen molar-refractivity contribution in [1.82, 2.24) is 4.98 Å². The molecule has 2 rings (SSSR count). The fourth-order valence-electron chi connectivity index (χ4n) is 1.46. The maximum Gasteiger partial charge on any atom is 0.102 e. The Balaban J connectivity index is 2.58. The predicted octanol–water partition coefficient (Wildman–Crippen LogP) is 4.02. The van der Waals surface area contributed by atoms with E-state index in [1.807, 2.05) is 6.07 Å². The number of thiophene rings is 1. The van der Waals surface area contributed by atoms with Gasteiger partial charge in [0.15, 0.2) is 0 Å². The Morgan fingerprint density at radius 3 is 2.50 bits per heavy atom. The van der Waals surface area contributed by atoms with Crippen LogP contribution in [0.1, 0.15) is 11.1 Å². The van der Waals surface area contributed by atoms with Crippen molar-refractivity contribution in [3.8, 4) is 6.07 Å². The summed E-state index contributed by atoms with van der Waals surface area (Å²) in [5, 5.41) is 9.28. The van der Waals surface area contributed by atoms with E-state index in [9.17, 15) is 5.26 Å². The van der Waals surface area contributed by atoms with Crippen molar-refractivity contribution in [3.05, 3.63) is 49.3 Å². The van der Waals surface area contributed by atoms with Crippen molar-refractivity contribution in [1.29, 1.82) is 5.26 Å². The Morgan fingerprint density at radius 1 is 1.33 bits per heavy atom. The zero-order chi connectivity index (χ0) is 13.1. The van der Waals surface area contributed by atoms with Gasteiger partial charge in [0.05, 0.1) is 18.8 Å². The highest BCUT2D eigenvalue weighted by Crippen LogP contribution is 2.36. The van der Waals surface area contributed by atoms with Crippen molar-refractivity contribution in [3.63, 3.8) is 0 Å². The Morgan fingerprint density at radius 2 is 2.00 bits per heavy atom. The lowest BCUT2D eigenvalue weighted by atomic mass is 10.0. The summed E-state index contributed by atoms with van der Waals surface area (Å²) in [5.74, 6) is 0. The molecule has 0 saturated carbocycles. The standard InChI is InChI=1S/C12H7Br2N3S/c13-10-5-8(12(14)18-10)11(16)9(6-15)7-1-3-17-4-2-7/h1-5H,16H2/b11-9-. The summed E-state index contributed by atoms with van der Waals surface area (Å²) < 4.78 is 1.85. The number of hydrogen-bond donors (Lipinski definition) is 1. The fourth-order valence-corrected chi connectivity index (χ4v) is 4.30. The average molecular weight is 385 g/mol. The highest BCUT2D eigenvalue weighted by molar-refractivity contribution is 9.12. The minimum absolute atomic E-state index is 0.448. The third-order valence-electron chi connectivity index (χ3n) is 2.30. The lowest BCUT2D eigenvalue weighted by Crippen LogP contribution is -2.00. The molecule has 90 valence electrons. The average Bonchev–Trinajstić information content (AvgIpc) is 2.70. The molecule has 0 saturated heterocycles. The van der Waals surface area contributed by atoms with Gasteiger partial charge in [0.1, 0.15) is 6.07 Å². The van der Waals surface area contributed by atoms with Gasteiger partial charge in [-0.2, -0.15) is 5.26 Å². The molecule has 0 aliphatic carbocycles. The van der Waals surface area contributed by atoms with Crippen LogP contribution in [0.3, 0.4) is 0 Å². The largest absolute Gasteiger partial charge is 0.397 e. The molecule has 0 unspecified atom stereocenters. The maximum atomic E-state index is 9.28. The number of pyridine rings is 1. The third kappa shape index (κ3) is 2.64. The predicted molar refractivity (Wildman–Crippen MR) is 80.6 cm³/mol. The number of nitriles is 1. The number of rotatable bonds is 2. The summed E-state index contributed by atoms with van der Waals surface area (Å²) in [4.78, 5) is 3.93. The molecule has 0 aliphatic heterocycles. The van der Waals surface area contributed by atoms with Gasteiger partial charge in [-0.3, -0.25) is 4.98 Å². The lowest BCUT2D eigenvalue weighted by Gasteiger charge is -2.04. The highest BCUT2D eigenvalue weighted by atomic mass is 79.9. The first-order valence-electron chi connectivity index (χ1n) is 4.89. The molecule has 2 aromatic rings. The number of halogens is 2. The molecule has 0 radical (unpaired) electrons. The maximum absolute atomic E-state index is 9.28. The number of allylic oxidation sites excluding steroid dienone is 1. The second-order valence-corrected chi connectivity index (χ2v) is 7.12. The van der Waals surface area contributed by atoms with Gasteiger partial charge in [-0.25, -0.2) is 0 Å². The number of nitrogens with zero attached hydrogens (tertiary/aromatic N) is 2. The van der Waals surface area contributed by atoms with Crippen LogP contribution in [-0.2, 0) is 0 Å². The second-order valence-electron chi connectivity index (χ2n) is 3.37. The van der Waals surface area contributed by atoms with Gasteiger partial charge in [-0.15, -0.1) is 11.3 Å². The Kier molecular flexibility index (Phi) is 4.17. The summed E-state index contributed by atoms with van der Waals surface area (Å²) in [5.41, 5.74) is 8.57. The number of aromatic nitrogens is 1. The van der Waals surface area contributed by atoms with Crippen LogP contribution in [0, 0.1) is 11.3 Å². The van der Waals surface area contributed by atoms with Crippen molar-refractivity contribution in [2.45, 2.75) is 0 Å². The smallest absolute Gasteiger partial charge is 0.102 e. The van der Waals surface area contributed by atoms with Crippen LogP contribution >= 0.6 is 43.2 Å². The Hall–Kier alpha value is -1.16. The summed E-state index contributed by atoms with van der Waals surface area (Å²) in [6, 6.07) is 7.57. The van der Waals surface area contributed by atoms with Crippen molar-refractivity contribution < 1.29 is 0 Å². The zero-order valence-electron chi connectivity index (χ0n) is 9.02. The molecule has 3 nitrogen and oxygen atoms in total. The molecule has 2 heterocycles. The minimum Gasteiger partial charge on any atom is -0.397 e. The first-order valence-corrected chi connectivity index (χ1v) is 7.29. The van der Waals surface area contributed by atoms with Gasteiger partial charge in [0.25, 0.3) is 0 Å². The van der Waals surface area contributed by atoms with E-state index < -0.39 is 0 Å². The molecule has 2 N–H and O–H groups in total. The minimum atomic E-state index is 0.448. The summed E-state index contributed by atoms with van der Waals surface area (Å²) in [6.45, 7) is 0. The van der Waals surface area contributed by atoms with Gasteiger partial charge < -0.3 is 5.73 Å². The van der Waals surface area contributed by atoms with E-state index in [2.05, 4.69) is 42.9 Å². The monoisotopic (exact) mass is 383 g/mol. The Bertz CT molecular complexity index is 641. The van der Waals surface area contributed by atoms with Gasteiger partial charge in [-0.05, 0) is 55.6 Å². The van der Waals surface area contributed by atoms with E-state index in [-0.39, 0.29) is 0 Å². The normalized spacial score (nSPS) is 11.8. The van der Waals surface area contributed by atoms with E-state index in [4.69, 9.17) is 5.73 Å². The molecule has 0 bridgehead atoms. The van der Waals surface area contributed by atoms with Crippen LogP contribution < -0.4 is 5.73 Å². The van der Waals surface area contributed by atoms with Crippen LogP contribution in [0.4, 0.5) is 0 Å². The van der Waals surface area contributed by atoms with Crippen LogP contribution in [-0.4, -0.2) is 4.98 Å². The number of hydrogen-bond acceptors (Lipinski definition) is 4. The Labute approximate surface area is 125 Å². The summed E-state index contributed by atoms with van der Waals surface area (Å²) >= 11 is 8.35. The molecule has 0 amide bonds. The third-order valence-corrected chi connectivity index (χ3v) is 4.64. The molecule has 0 aliphatic rings. The fraction of sp³-hybridized carbons (Fsp3) is 0. The topological polar surface area (TPSA) is 62.7 Å². The van der Waals surface area contributed by atoms with Crippen molar-refractivity contribution >= 4 is 54.5 Å². The van der Waals surface area contributed by atoms with E-state index >= 15 is 0 Å². The zero-order valence-corrected chi connectivity index (χ0v) is 13.0. The van der Waals surface area contributed by atoms with Gasteiger partial charge in [0.2, 0.25) is 0 Å². The quantitative estimate of drug-likeness (QED) is 0.795. The van der Waals surface area contributed by atoms with Gasteiger partial charge in [0, 0.05) is 18.0 Å². The van der Waals surface area contributed by atoms with Crippen LogP contribution in [0.25, 0.3) is 11.3 Å². The molecule has 2 aromatic heterocycles. The second kappa shape index (κ2) is 5.65. The lowest BCUT2D eigenvalue weighted by molar-refractivity contribution is 1.32. The van der Waals surface area contributed by atoms with Gasteiger partial charge >= 0.3 is 0 Å². The van der Waals surface area contributed by atoms with Crippen LogP contribution in [0.2, 0.25) is 0 Å². The number of nitrogens with two attached hydrogens (primary N) is 1. The van der Waals surface area contributed by atoms with E-state index in [1.165, 1.54) is 11.3 Å². The molecule has 0 aromatic carbocycles. The first kappa shape index (κ1) is 13.3. The summed E-state index contributed by atoms with van der Waals surface area (Å²) in [7, 11) is 0. The molecule has 0 atom stereocenters. The molecule has 18 heavy (non-hydrogen) atoms. The molecule has 0 spiro atoms. The van der Waals surface area contributed by atoms with Crippen LogP contribution in [0.5, 0.6) is 0 Å². The van der Waals surface area contributed by atoms with Crippen molar-refractivity contribution in [2.75, 3.05) is 0 Å². The van der Waals surface area contributed by atoms with Crippen LogP contribution in [0.15, 0.2) is 38.2 Å². The van der Waals surface area contributed by atoms with E-state index in [1.54, 1.807) is 24.5 Å². The molecular formula is C12H7Br2N3S. The molecule has 0 fully saturated rings. The SMILES string of the molecule is N#C/C(=C(/N)c1cc(Br)sc1Br)c1ccncc1. The summed E-state index contributed by atoms with van der Waals surface area (Å²) in [6.07, 6.45) is 3.27.